The number of carboxylic acids is 1. The first-order chi connectivity index (χ1) is 11.8. The van der Waals surface area contributed by atoms with E-state index in [0.29, 0.717) is 18.3 Å². The SMILES string of the molecule is COCc1noc(-c2ccc3ncccc3c2)n1.O=C(O)C(F)(F)F. The van der Waals surface area contributed by atoms with Crippen LogP contribution < -0.4 is 0 Å². The van der Waals surface area contributed by atoms with Gasteiger partial charge in [0, 0.05) is 24.3 Å². The number of halogens is 3. The molecule has 25 heavy (non-hydrogen) atoms. The number of carboxylic acid groups (broad SMARTS) is 1. The molecule has 2 aromatic heterocycles. The minimum Gasteiger partial charge on any atom is -0.475 e. The number of alkyl halides is 3. The maximum Gasteiger partial charge on any atom is 0.490 e. The minimum absolute atomic E-state index is 0.346. The van der Waals surface area contributed by atoms with Crippen LogP contribution in [0.5, 0.6) is 0 Å². The van der Waals surface area contributed by atoms with Gasteiger partial charge in [-0.15, -0.1) is 0 Å². The van der Waals surface area contributed by atoms with E-state index >= 15 is 0 Å². The van der Waals surface area contributed by atoms with Gasteiger partial charge in [0.25, 0.3) is 5.89 Å². The number of methoxy groups -OCH3 is 1. The van der Waals surface area contributed by atoms with Crippen LogP contribution in [0.2, 0.25) is 0 Å². The summed E-state index contributed by atoms with van der Waals surface area (Å²) in [5.74, 6) is -1.72. The molecule has 0 fully saturated rings. The third-order valence-corrected chi connectivity index (χ3v) is 2.83. The van der Waals surface area contributed by atoms with Crippen LogP contribution in [-0.2, 0) is 16.1 Å². The molecule has 0 radical (unpaired) electrons. The number of hydrogen-bond donors (Lipinski definition) is 1. The van der Waals surface area contributed by atoms with Crippen molar-refractivity contribution in [3.63, 3.8) is 0 Å². The summed E-state index contributed by atoms with van der Waals surface area (Å²) in [7, 11) is 1.59. The van der Waals surface area contributed by atoms with Crippen LogP contribution in [0.25, 0.3) is 22.4 Å². The summed E-state index contributed by atoms with van der Waals surface area (Å²) < 4.78 is 41.9. The number of aliphatic carboxylic acids is 1. The number of fused-ring (bicyclic) bond motifs is 1. The van der Waals surface area contributed by atoms with Crippen LogP contribution in [0.15, 0.2) is 41.1 Å². The van der Waals surface area contributed by atoms with Gasteiger partial charge in [-0.3, -0.25) is 4.98 Å². The molecule has 0 amide bonds. The van der Waals surface area contributed by atoms with Crippen LogP contribution in [0, 0.1) is 0 Å². The predicted molar refractivity (Wildman–Crippen MR) is 79.4 cm³/mol. The van der Waals surface area contributed by atoms with Crippen molar-refractivity contribution in [1.29, 1.82) is 0 Å². The highest BCUT2D eigenvalue weighted by atomic mass is 19.4. The van der Waals surface area contributed by atoms with E-state index < -0.39 is 12.1 Å². The third kappa shape index (κ3) is 4.98. The van der Waals surface area contributed by atoms with E-state index in [1.54, 1.807) is 13.3 Å². The number of aromatic nitrogens is 3. The molecule has 2 heterocycles. The second kappa shape index (κ2) is 7.71. The van der Waals surface area contributed by atoms with Gasteiger partial charge in [0.15, 0.2) is 5.82 Å². The van der Waals surface area contributed by atoms with E-state index in [2.05, 4.69) is 15.1 Å². The van der Waals surface area contributed by atoms with E-state index in [9.17, 15) is 13.2 Å². The van der Waals surface area contributed by atoms with Crippen molar-refractivity contribution in [3.8, 4) is 11.5 Å². The Labute approximate surface area is 139 Å². The Balaban J connectivity index is 0.000000277. The zero-order valence-electron chi connectivity index (χ0n) is 12.8. The second-order valence-corrected chi connectivity index (χ2v) is 4.66. The largest absolute Gasteiger partial charge is 0.490 e. The first-order valence-corrected chi connectivity index (χ1v) is 6.78. The predicted octanol–water partition coefficient (Wildman–Crippen LogP) is 3.06. The van der Waals surface area contributed by atoms with Crippen LogP contribution >= 0.6 is 0 Å². The van der Waals surface area contributed by atoms with Gasteiger partial charge in [-0.2, -0.15) is 18.2 Å². The number of nitrogens with zero attached hydrogens (tertiary/aromatic N) is 3. The summed E-state index contributed by atoms with van der Waals surface area (Å²) in [6.45, 7) is 0.346. The van der Waals surface area contributed by atoms with Crippen LogP contribution in [0.4, 0.5) is 13.2 Å². The molecule has 1 N–H and O–H groups in total. The van der Waals surface area contributed by atoms with E-state index in [0.717, 1.165) is 16.5 Å². The van der Waals surface area contributed by atoms with Crippen LogP contribution in [0.3, 0.4) is 0 Å². The van der Waals surface area contributed by atoms with Crippen molar-refractivity contribution in [2.24, 2.45) is 0 Å². The van der Waals surface area contributed by atoms with Gasteiger partial charge in [-0.1, -0.05) is 11.2 Å². The summed E-state index contributed by atoms with van der Waals surface area (Å²) in [5.41, 5.74) is 1.82. The monoisotopic (exact) mass is 355 g/mol. The number of ether oxygens (including phenoxy) is 1. The van der Waals surface area contributed by atoms with Gasteiger partial charge < -0.3 is 14.4 Å². The number of hydrogen-bond acceptors (Lipinski definition) is 6. The molecule has 0 saturated heterocycles. The lowest BCUT2D eigenvalue weighted by atomic mass is 10.1. The van der Waals surface area contributed by atoms with E-state index in [4.69, 9.17) is 19.2 Å². The van der Waals surface area contributed by atoms with Gasteiger partial charge in [0.1, 0.15) is 6.61 Å². The lowest BCUT2D eigenvalue weighted by Crippen LogP contribution is -2.21. The first kappa shape index (κ1) is 18.3. The zero-order valence-corrected chi connectivity index (χ0v) is 12.8. The number of carbonyl (C=O) groups is 1. The first-order valence-electron chi connectivity index (χ1n) is 6.78. The Morgan fingerprint density at radius 1 is 1.32 bits per heavy atom. The summed E-state index contributed by atoms with van der Waals surface area (Å²) in [4.78, 5) is 17.4. The number of benzene rings is 1. The van der Waals surface area contributed by atoms with E-state index in [-0.39, 0.29) is 0 Å². The molecule has 0 spiro atoms. The molecule has 0 aliphatic carbocycles. The Morgan fingerprint density at radius 2 is 2.04 bits per heavy atom. The van der Waals surface area contributed by atoms with Gasteiger partial charge >= 0.3 is 12.1 Å². The topological polar surface area (TPSA) is 98.3 Å². The maximum absolute atomic E-state index is 10.6. The lowest BCUT2D eigenvalue weighted by Gasteiger charge is -1.98. The van der Waals surface area contributed by atoms with Crippen molar-refractivity contribution in [2.75, 3.05) is 7.11 Å². The Morgan fingerprint density at radius 3 is 2.68 bits per heavy atom. The molecule has 132 valence electrons. The maximum atomic E-state index is 10.6. The summed E-state index contributed by atoms with van der Waals surface area (Å²) in [6.07, 6.45) is -3.31. The molecule has 0 aliphatic rings. The Bertz CT molecular complexity index is 864. The van der Waals surface area contributed by atoms with Crippen molar-refractivity contribution in [3.05, 3.63) is 42.4 Å². The lowest BCUT2D eigenvalue weighted by molar-refractivity contribution is -0.192. The molecule has 10 heteroatoms. The number of pyridine rings is 1. The summed E-state index contributed by atoms with van der Waals surface area (Å²) in [6, 6.07) is 9.73. The van der Waals surface area contributed by atoms with Gasteiger partial charge in [-0.25, -0.2) is 4.79 Å². The zero-order chi connectivity index (χ0) is 18.4. The minimum atomic E-state index is -5.08. The highest BCUT2D eigenvalue weighted by Crippen LogP contribution is 2.22. The molecular weight excluding hydrogens is 343 g/mol. The van der Waals surface area contributed by atoms with Crippen molar-refractivity contribution < 1.29 is 32.3 Å². The fraction of sp³-hybridized carbons (Fsp3) is 0.200. The van der Waals surface area contributed by atoms with Crippen LogP contribution in [-0.4, -0.2) is 39.5 Å². The van der Waals surface area contributed by atoms with Crippen molar-refractivity contribution in [2.45, 2.75) is 12.8 Å². The average Bonchev–Trinajstić information content (AvgIpc) is 3.03. The molecule has 0 atom stereocenters. The second-order valence-electron chi connectivity index (χ2n) is 4.66. The van der Waals surface area contributed by atoms with Gasteiger partial charge in [0.2, 0.25) is 0 Å². The van der Waals surface area contributed by atoms with Gasteiger partial charge in [-0.05, 0) is 24.3 Å². The molecule has 3 rings (SSSR count). The molecule has 0 unspecified atom stereocenters. The van der Waals surface area contributed by atoms with E-state index in [1.807, 2.05) is 30.3 Å². The molecule has 0 bridgehead atoms. The summed E-state index contributed by atoms with van der Waals surface area (Å²) >= 11 is 0. The highest BCUT2D eigenvalue weighted by molar-refractivity contribution is 5.82. The molecular formula is C15H12F3N3O4. The fourth-order valence-electron chi connectivity index (χ4n) is 1.77. The standard InChI is InChI=1S/C13H11N3O2.C2HF3O2/c1-17-8-12-15-13(18-16-12)10-4-5-11-9(7-10)3-2-6-14-11;3-2(4,5)1(6)7/h2-7H,8H2,1H3;(H,6,7). The van der Waals surface area contributed by atoms with Crippen LogP contribution in [0.1, 0.15) is 5.82 Å². The third-order valence-electron chi connectivity index (χ3n) is 2.83. The summed E-state index contributed by atoms with van der Waals surface area (Å²) in [5, 5.41) is 12.0. The Hall–Kier alpha value is -3.01. The van der Waals surface area contributed by atoms with E-state index in [1.165, 1.54) is 0 Å². The average molecular weight is 355 g/mol. The smallest absolute Gasteiger partial charge is 0.475 e. The Kier molecular flexibility index (Phi) is 5.65. The highest BCUT2D eigenvalue weighted by Gasteiger charge is 2.38. The molecule has 7 nitrogen and oxygen atoms in total. The molecule has 1 aromatic carbocycles. The normalized spacial score (nSPS) is 11.0. The van der Waals surface area contributed by atoms with Gasteiger partial charge in [0.05, 0.1) is 5.52 Å². The molecule has 3 aromatic rings. The molecule has 0 aliphatic heterocycles. The quantitative estimate of drug-likeness (QED) is 0.771. The molecule has 0 saturated carbocycles. The fourth-order valence-corrected chi connectivity index (χ4v) is 1.77. The van der Waals surface area contributed by atoms with Crippen molar-refractivity contribution in [1.82, 2.24) is 15.1 Å². The number of rotatable bonds is 3. The van der Waals surface area contributed by atoms with Crippen molar-refractivity contribution >= 4 is 16.9 Å².